The number of rotatable bonds is 1. The fourth-order valence-corrected chi connectivity index (χ4v) is 4.31. The first-order valence-electron chi connectivity index (χ1n) is 7.14. The fraction of sp³-hybridized carbons (Fsp3) is 0.412. The molecule has 0 unspecified atom stereocenters. The maximum atomic E-state index is 10.6. The lowest BCUT2D eigenvalue weighted by Gasteiger charge is -2.43. The first-order valence-corrected chi connectivity index (χ1v) is 8.47. The number of fused-ring (bicyclic) bond motifs is 1. The van der Waals surface area contributed by atoms with Gasteiger partial charge in [0, 0.05) is 22.7 Å². The topological polar surface area (TPSA) is 32.3 Å². The average molecular weight is 322 g/mol. The van der Waals surface area contributed by atoms with E-state index in [0.717, 1.165) is 27.4 Å². The second-order valence-corrected chi connectivity index (χ2v) is 7.59. The Morgan fingerprint density at radius 3 is 2.71 bits per heavy atom. The molecule has 21 heavy (non-hydrogen) atoms. The lowest BCUT2D eigenvalue weighted by molar-refractivity contribution is 0.0869. The largest absolute Gasteiger partial charge is 0.390 e. The zero-order valence-electron chi connectivity index (χ0n) is 12.7. The highest BCUT2D eigenvalue weighted by Crippen LogP contribution is 2.47. The molecule has 0 bridgehead atoms. The van der Waals surface area contributed by atoms with Crippen LogP contribution < -0.4 is 5.32 Å². The van der Waals surface area contributed by atoms with E-state index in [1.165, 1.54) is 5.56 Å². The first-order chi connectivity index (χ1) is 9.83. The van der Waals surface area contributed by atoms with E-state index in [2.05, 4.69) is 42.1 Å². The minimum Gasteiger partial charge on any atom is -0.390 e. The predicted octanol–water partition coefficient (Wildman–Crippen LogP) is 5.05. The summed E-state index contributed by atoms with van der Waals surface area (Å²) in [7, 11) is 0. The fourth-order valence-electron chi connectivity index (χ4n) is 3.22. The number of thiophene rings is 1. The third-order valence-corrected chi connectivity index (χ3v) is 5.54. The molecule has 0 aliphatic carbocycles. The summed E-state index contributed by atoms with van der Waals surface area (Å²) in [5.41, 5.74) is 5.11. The highest BCUT2D eigenvalue weighted by Gasteiger charge is 2.40. The molecule has 1 aliphatic rings. The SMILES string of the molecule is Cc1cc(-c2ccsc2)c(Cl)c2c1NC(C)(C)[C@@H](O)[C@@H]2C. The summed E-state index contributed by atoms with van der Waals surface area (Å²) in [6.07, 6.45) is -0.473. The molecule has 2 N–H and O–H groups in total. The molecule has 112 valence electrons. The van der Waals surface area contributed by atoms with Crippen LogP contribution in [0.1, 0.15) is 37.8 Å². The second kappa shape index (κ2) is 5.01. The molecule has 2 heterocycles. The van der Waals surface area contributed by atoms with Gasteiger partial charge in [0.15, 0.2) is 0 Å². The number of benzene rings is 1. The Morgan fingerprint density at radius 2 is 2.10 bits per heavy atom. The summed E-state index contributed by atoms with van der Waals surface area (Å²) >= 11 is 8.36. The van der Waals surface area contributed by atoms with Crippen molar-refractivity contribution >= 4 is 28.6 Å². The molecule has 0 amide bonds. The lowest BCUT2D eigenvalue weighted by atomic mass is 9.77. The van der Waals surface area contributed by atoms with Crippen LogP contribution in [0.4, 0.5) is 5.69 Å². The number of aliphatic hydroxyl groups is 1. The van der Waals surface area contributed by atoms with Crippen LogP contribution in [-0.4, -0.2) is 16.7 Å². The van der Waals surface area contributed by atoms with Crippen molar-refractivity contribution in [3.8, 4) is 11.1 Å². The molecule has 4 heteroatoms. The molecule has 0 saturated heterocycles. The van der Waals surface area contributed by atoms with Crippen LogP contribution in [0.25, 0.3) is 11.1 Å². The van der Waals surface area contributed by atoms with Crippen LogP contribution in [0.3, 0.4) is 0 Å². The van der Waals surface area contributed by atoms with E-state index in [4.69, 9.17) is 11.6 Å². The first kappa shape index (κ1) is 14.9. The van der Waals surface area contributed by atoms with E-state index in [-0.39, 0.29) is 11.5 Å². The summed E-state index contributed by atoms with van der Waals surface area (Å²) in [6, 6.07) is 4.22. The van der Waals surface area contributed by atoms with Crippen LogP contribution in [0, 0.1) is 6.92 Å². The van der Waals surface area contributed by atoms with Gasteiger partial charge in [0.2, 0.25) is 0 Å². The molecule has 1 aromatic heterocycles. The average Bonchev–Trinajstić information content (AvgIpc) is 2.93. The molecule has 0 saturated carbocycles. The van der Waals surface area contributed by atoms with Crippen molar-refractivity contribution in [2.75, 3.05) is 5.32 Å². The summed E-state index contributed by atoms with van der Waals surface area (Å²) in [4.78, 5) is 0. The molecule has 0 radical (unpaired) electrons. The number of hydrogen-bond acceptors (Lipinski definition) is 3. The van der Waals surface area contributed by atoms with Crippen molar-refractivity contribution in [3.05, 3.63) is 39.0 Å². The van der Waals surface area contributed by atoms with Gasteiger partial charge in [-0.1, -0.05) is 18.5 Å². The molecule has 0 fully saturated rings. The van der Waals surface area contributed by atoms with Gasteiger partial charge in [0.1, 0.15) is 0 Å². The van der Waals surface area contributed by atoms with Crippen molar-refractivity contribution in [3.63, 3.8) is 0 Å². The number of halogens is 1. The van der Waals surface area contributed by atoms with Crippen molar-refractivity contribution in [2.45, 2.75) is 45.3 Å². The summed E-state index contributed by atoms with van der Waals surface area (Å²) in [5, 5.41) is 19.0. The van der Waals surface area contributed by atoms with Crippen LogP contribution in [0.15, 0.2) is 22.9 Å². The molecule has 2 atom stereocenters. The van der Waals surface area contributed by atoms with Gasteiger partial charge in [-0.05, 0) is 54.8 Å². The van der Waals surface area contributed by atoms with E-state index in [1.54, 1.807) is 11.3 Å². The number of nitrogens with one attached hydrogen (secondary N) is 1. The third-order valence-electron chi connectivity index (χ3n) is 4.45. The second-order valence-electron chi connectivity index (χ2n) is 6.44. The van der Waals surface area contributed by atoms with Crippen LogP contribution in [-0.2, 0) is 0 Å². The van der Waals surface area contributed by atoms with E-state index >= 15 is 0 Å². The number of aliphatic hydroxyl groups excluding tert-OH is 1. The Balaban J connectivity index is 2.24. The normalized spacial score (nSPS) is 23.5. The zero-order chi connectivity index (χ0) is 15.4. The molecule has 2 aromatic rings. The van der Waals surface area contributed by atoms with E-state index in [1.807, 2.05) is 13.8 Å². The van der Waals surface area contributed by atoms with Gasteiger partial charge < -0.3 is 10.4 Å². The maximum Gasteiger partial charge on any atom is 0.0831 e. The summed E-state index contributed by atoms with van der Waals surface area (Å²) in [5.74, 6) is 0.000959. The van der Waals surface area contributed by atoms with Gasteiger partial charge in [-0.25, -0.2) is 0 Å². The molecule has 2 nitrogen and oxygen atoms in total. The standard InChI is InChI=1S/C17H20ClNOS/c1-9-7-12(11-5-6-21-8-11)14(18)13-10(2)16(20)17(3,4)19-15(9)13/h5-8,10,16,19-20H,1-4H3/t10-,16+/m1/s1. The molecular weight excluding hydrogens is 302 g/mol. The quantitative estimate of drug-likeness (QED) is 0.770. The van der Waals surface area contributed by atoms with E-state index in [0.29, 0.717) is 0 Å². The number of hydrogen-bond donors (Lipinski definition) is 2. The molecule has 1 aromatic carbocycles. The molecular formula is C17H20ClNOS. The molecule has 3 rings (SSSR count). The van der Waals surface area contributed by atoms with E-state index < -0.39 is 6.10 Å². The minimum atomic E-state index is -0.473. The molecule has 0 spiro atoms. The number of anilines is 1. The van der Waals surface area contributed by atoms with Crippen molar-refractivity contribution in [1.82, 2.24) is 0 Å². The van der Waals surface area contributed by atoms with Gasteiger partial charge in [0.05, 0.1) is 16.7 Å². The van der Waals surface area contributed by atoms with Crippen molar-refractivity contribution < 1.29 is 5.11 Å². The van der Waals surface area contributed by atoms with Crippen LogP contribution >= 0.6 is 22.9 Å². The lowest BCUT2D eigenvalue weighted by Crippen LogP contribution is -2.50. The predicted molar refractivity (Wildman–Crippen MR) is 91.6 cm³/mol. The highest BCUT2D eigenvalue weighted by molar-refractivity contribution is 7.08. The zero-order valence-corrected chi connectivity index (χ0v) is 14.3. The highest BCUT2D eigenvalue weighted by atomic mass is 35.5. The summed E-state index contributed by atoms with van der Waals surface area (Å²) in [6.45, 7) is 8.20. The Bertz CT molecular complexity index is 679. The van der Waals surface area contributed by atoms with Crippen molar-refractivity contribution in [2.24, 2.45) is 0 Å². The smallest absolute Gasteiger partial charge is 0.0831 e. The van der Waals surface area contributed by atoms with Crippen molar-refractivity contribution in [1.29, 1.82) is 0 Å². The van der Waals surface area contributed by atoms with Crippen LogP contribution in [0.5, 0.6) is 0 Å². The Morgan fingerprint density at radius 1 is 1.38 bits per heavy atom. The monoisotopic (exact) mass is 321 g/mol. The van der Waals surface area contributed by atoms with Gasteiger partial charge in [-0.3, -0.25) is 0 Å². The van der Waals surface area contributed by atoms with Crippen LogP contribution in [0.2, 0.25) is 5.02 Å². The Kier molecular flexibility index (Phi) is 3.55. The van der Waals surface area contributed by atoms with Gasteiger partial charge in [-0.2, -0.15) is 11.3 Å². The minimum absolute atomic E-state index is 0.000959. The Hall–Kier alpha value is -1.03. The van der Waals surface area contributed by atoms with Gasteiger partial charge >= 0.3 is 0 Å². The Labute approximate surface area is 134 Å². The third kappa shape index (κ3) is 2.28. The van der Waals surface area contributed by atoms with Gasteiger partial charge in [0.25, 0.3) is 0 Å². The summed E-state index contributed by atoms with van der Waals surface area (Å²) < 4.78 is 0. The van der Waals surface area contributed by atoms with Gasteiger partial charge in [-0.15, -0.1) is 0 Å². The maximum absolute atomic E-state index is 10.6. The number of aryl methyl sites for hydroxylation is 1. The van der Waals surface area contributed by atoms with E-state index in [9.17, 15) is 5.11 Å². The molecule has 1 aliphatic heterocycles.